The van der Waals surface area contributed by atoms with Gasteiger partial charge in [-0.15, -0.1) is 0 Å². The van der Waals surface area contributed by atoms with Crippen LogP contribution in [0.3, 0.4) is 0 Å². The third kappa shape index (κ3) is 6.94. The molecule has 0 aromatic heterocycles. The van der Waals surface area contributed by atoms with Gasteiger partial charge < -0.3 is 5.32 Å². The van der Waals surface area contributed by atoms with Gasteiger partial charge in [-0.1, -0.05) is 33.6 Å². The van der Waals surface area contributed by atoms with Crippen LogP contribution in [-0.4, -0.2) is 37.1 Å². The molecule has 0 aromatic carbocycles. The molecule has 19 heavy (non-hydrogen) atoms. The molecular weight excluding hydrogens is 234 g/mol. The van der Waals surface area contributed by atoms with E-state index in [9.17, 15) is 0 Å². The zero-order chi connectivity index (χ0) is 14.1. The van der Waals surface area contributed by atoms with Crippen molar-refractivity contribution in [2.45, 2.75) is 58.9 Å². The summed E-state index contributed by atoms with van der Waals surface area (Å²) in [5.74, 6) is 1.54. The van der Waals surface area contributed by atoms with E-state index in [0.29, 0.717) is 12.6 Å². The van der Waals surface area contributed by atoms with E-state index >= 15 is 0 Å². The second kappa shape index (κ2) is 9.34. The Bertz CT molecular complexity index is 270. The van der Waals surface area contributed by atoms with E-state index in [1.54, 1.807) is 0 Å². The van der Waals surface area contributed by atoms with Gasteiger partial charge in [0, 0.05) is 19.1 Å². The summed E-state index contributed by atoms with van der Waals surface area (Å²) in [7, 11) is 0. The molecule has 1 heterocycles. The van der Waals surface area contributed by atoms with E-state index in [1.807, 2.05) is 0 Å². The molecule has 1 rings (SSSR count). The summed E-state index contributed by atoms with van der Waals surface area (Å²) in [6.45, 7) is 10.7. The molecule has 0 radical (unpaired) electrons. The molecular formula is C16H31N3. The van der Waals surface area contributed by atoms with Crippen molar-refractivity contribution < 1.29 is 0 Å². The van der Waals surface area contributed by atoms with Crippen LogP contribution in [0.1, 0.15) is 52.9 Å². The molecule has 3 nitrogen and oxygen atoms in total. The highest BCUT2D eigenvalue weighted by molar-refractivity contribution is 4.87. The first-order valence-corrected chi connectivity index (χ1v) is 7.98. The van der Waals surface area contributed by atoms with Crippen molar-refractivity contribution in [2.75, 3.05) is 26.2 Å². The van der Waals surface area contributed by atoms with Crippen LogP contribution in [0.15, 0.2) is 0 Å². The molecule has 0 saturated carbocycles. The van der Waals surface area contributed by atoms with Crippen LogP contribution in [0.2, 0.25) is 0 Å². The van der Waals surface area contributed by atoms with Crippen LogP contribution < -0.4 is 5.32 Å². The molecule has 0 bridgehead atoms. The maximum atomic E-state index is 8.90. The first kappa shape index (κ1) is 16.5. The third-order valence-corrected chi connectivity index (χ3v) is 4.03. The largest absolute Gasteiger partial charge is 0.313 e. The van der Waals surface area contributed by atoms with Crippen LogP contribution in [0.4, 0.5) is 0 Å². The van der Waals surface area contributed by atoms with Gasteiger partial charge in [0.15, 0.2) is 0 Å². The van der Waals surface area contributed by atoms with Crippen LogP contribution >= 0.6 is 0 Å². The number of nitrogens with one attached hydrogen (secondary N) is 1. The maximum absolute atomic E-state index is 8.90. The van der Waals surface area contributed by atoms with Crippen molar-refractivity contribution in [1.29, 1.82) is 5.26 Å². The van der Waals surface area contributed by atoms with E-state index in [1.165, 1.54) is 32.1 Å². The van der Waals surface area contributed by atoms with E-state index in [2.05, 4.69) is 37.1 Å². The summed E-state index contributed by atoms with van der Waals surface area (Å²) in [5, 5.41) is 12.6. The molecule has 1 aliphatic rings. The maximum Gasteiger partial charge on any atom is 0.0866 e. The van der Waals surface area contributed by atoms with E-state index in [0.717, 1.165) is 31.5 Å². The van der Waals surface area contributed by atoms with Crippen molar-refractivity contribution in [1.82, 2.24) is 10.2 Å². The molecule has 2 unspecified atom stereocenters. The van der Waals surface area contributed by atoms with Gasteiger partial charge in [0.25, 0.3) is 0 Å². The fourth-order valence-corrected chi connectivity index (χ4v) is 2.96. The van der Waals surface area contributed by atoms with Gasteiger partial charge in [-0.3, -0.25) is 4.90 Å². The monoisotopic (exact) mass is 265 g/mol. The Balaban J connectivity index is 2.38. The number of unbranched alkanes of at least 4 members (excludes halogenated alkanes) is 1. The molecule has 3 heteroatoms. The molecule has 1 N–H and O–H groups in total. The average Bonchev–Trinajstić information content (AvgIpc) is 2.36. The van der Waals surface area contributed by atoms with Gasteiger partial charge in [-0.2, -0.15) is 5.26 Å². The van der Waals surface area contributed by atoms with Crippen LogP contribution in [0, 0.1) is 23.2 Å². The Morgan fingerprint density at radius 1 is 1.37 bits per heavy atom. The van der Waals surface area contributed by atoms with E-state index in [4.69, 9.17) is 5.26 Å². The van der Waals surface area contributed by atoms with Gasteiger partial charge in [0.05, 0.1) is 12.6 Å². The Morgan fingerprint density at radius 2 is 2.16 bits per heavy atom. The smallest absolute Gasteiger partial charge is 0.0866 e. The summed E-state index contributed by atoms with van der Waals surface area (Å²) in [5.41, 5.74) is 0. The fraction of sp³-hybridized carbons (Fsp3) is 0.938. The van der Waals surface area contributed by atoms with Gasteiger partial charge in [0.1, 0.15) is 0 Å². The first-order chi connectivity index (χ1) is 9.15. The van der Waals surface area contributed by atoms with Crippen molar-refractivity contribution in [3.63, 3.8) is 0 Å². The molecule has 0 amide bonds. The zero-order valence-electron chi connectivity index (χ0n) is 13.0. The summed E-state index contributed by atoms with van der Waals surface area (Å²) in [6, 6.07) is 2.89. The molecule has 110 valence electrons. The number of nitrogens with zero attached hydrogens (tertiary/aromatic N) is 2. The summed E-state index contributed by atoms with van der Waals surface area (Å²) >= 11 is 0. The molecule has 0 spiro atoms. The minimum absolute atomic E-state index is 0.586. The number of nitriles is 1. The zero-order valence-corrected chi connectivity index (χ0v) is 13.0. The number of hydrogen-bond acceptors (Lipinski definition) is 3. The minimum Gasteiger partial charge on any atom is -0.313 e. The molecule has 1 saturated heterocycles. The van der Waals surface area contributed by atoms with Gasteiger partial charge >= 0.3 is 0 Å². The Morgan fingerprint density at radius 3 is 2.79 bits per heavy atom. The summed E-state index contributed by atoms with van der Waals surface area (Å²) < 4.78 is 0. The first-order valence-electron chi connectivity index (χ1n) is 7.98. The quantitative estimate of drug-likeness (QED) is 0.686. The van der Waals surface area contributed by atoms with E-state index in [-0.39, 0.29) is 0 Å². The lowest BCUT2D eigenvalue weighted by molar-refractivity contribution is 0.147. The number of piperidine rings is 1. The number of likely N-dealkylation sites (tertiary alicyclic amines) is 1. The number of hydrogen-bond donors (Lipinski definition) is 1. The van der Waals surface area contributed by atoms with Crippen LogP contribution in [-0.2, 0) is 0 Å². The molecule has 1 aliphatic heterocycles. The SMILES string of the molecule is CCCCC1CC(NCCC(C)C)CN(CC#N)C1. The van der Waals surface area contributed by atoms with Crippen molar-refractivity contribution in [3.05, 3.63) is 0 Å². The molecule has 2 atom stereocenters. The fourth-order valence-electron chi connectivity index (χ4n) is 2.96. The van der Waals surface area contributed by atoms with Gasteiger partial charge in [-0.25, -0.2) is 0 Å². The van der Waals surface area contributed by atoms with Crippen molar-refractivity contribution in [3.8, 4) is 6.07 Å². The Hall–Kier alpha value is -0.590. The van der Waals surface area contributed by atoms with Gasteiger partial charge in [0.2, 0.25) is 0 Å². The molecule has 0 aromatic rings. The average molecular weight is 265 g/mol. The van der Waals surface area contributed by atoms with Crippen LogP contribution in [0.25, 0.3) is 0 Å². The predicted octanol–water partition coefficient (Wildman–Crippen LogP) is 3.03. The highest BCUT2D eigenvalue weighted by atomic mass is 15.2. The standard InChI is InChI=1S/C16H31N3/c1-4-5-6-15-11-16(18-9-7-14(2)3)13-19(12-15)10-8-17/h14-16,18H,4-7,9-13H2,1-3H3. The minimum atomic E-state index is 0.586. The predicted molar refractivity (Wildman–Crippen MR) is 80.9 cm³/mol. The highest BCUT2D eigenvalue weighted by Crippen LogP contribution is 2.22. The highest BCUT2D eigenvalue weighted by Gasteiger charge is 2.26. The Labute approximate surface area is 119 Å². The Kier molecular flexibility index (Phi) is 8.09. The lowest BCUT2D eigenvalue weighted by Gasteiger charge is -2.37. The molecule has 1 fully saturated rings. The lowest BCUT2D eigenvalue weighted by atomic mass is 9.90. The van der Waals surface area contributed by atoms with Crippen LogP contribution in [0.5, 0.6) is 0 Å². The normalized spacial score (nSPS) is 24.6. The molecule has 0 aliphatic carbocycles. The topological polar surface area (TPSA) is 39.1 Å². The number of rotatable bonds is 8. The van der Waals surface area contributed by atoms with E-state index < -0.39 is 0 Å². The summed E-state index contributed by atoms with van der Waals surface area (Å²) in [6.07, 6.45) is 6.46. The second-order valence-corrected chi connectivity index (χ2v) is 6.43. The van der Waals surface area contributed by atoms with Crippen molar-refractivity contribution >= 4 is 0 Å². The lowest BCUT2D eigenvalue weighted by Crippen LogP contribution is -2.49. The van der Waals surface area contributed by atoms with Crippen molar-refractivity contribution in [2.24, 2.45) is 11.8 Å². The second-order valence-electron chi connectivity index (χ2n) is 6.43. The third-order valence-electron chi connectivity index (χ3n) is 4.03. The summed E-state index contributed by atoms with van der Waals surface area (Å²) in [4.78, 5) is 2.33. The van der Waals surface area contributed by atoms with Gasteiger partial charge in [-0.05, 0) is 37.6 Å².